The van der Waals surface area contributed by atoms with Gasteiger partial charge in [0.15, 0.2) is 12.4 Å². The molecular weight excluding hydrogens is 484 g/mol. The predicted molar refractivity (Wildman–Crippen MR) is 136 cm³/mol. The molecule has 2 heterocycles. The van der Waals surface area contributed by atoms with Gasteiger partial charge in [-0.15, -0.1) is 0 Å². The van der Waals surface area contributed by atoms with Gasteiger partial charge in [0.05, 0.1) is 5.56 Å². The second kappa shape index (κ2) is 12.0. The van der Waals surface area contributed by atoms with E-state index < -0.39 is 26.6 Å². The molecule has 0 aliphatic heterocycles. The fraction of sp³-hybridized carbons (Fsp3) is 0.346. The van der Waals surface area contributed by atoms with Crippen molar-refractivity contribution in [3.63, 3.8) is 0 Å². The Morgan fingerprint density at radius 2 is 1.81 bits per heavy atom. The van der Waals surface area contributed by atoms with E-state index in [-0.39, 0.29) is 17.5 Å². The molecule has 0 aliphatic carbocycles. The summed E-state index contributed by atoms with van der Waals surface area (Å²) in [5.74, 6) is -0.858. The normalized spacial score (nSPS) is 11.9. The number of carboxylic acid groups (broad SMARTS) is 1. The van der Waals surface area contributed by atoms with Crippen LogP contribution in [0.15, 0.2) is 56.8 Å². The molecule has 36 heavy (non-hydrogen) atoms. The molecule has 192 valence electrons. The zero-order valence-electron chi connectivity index (χ0n) is 20.3. The fourth-order valence-electron chi connectivity index (χ4n) is 3.96. The number of anilines is 1. The fourth-order valence-corrected chi connectivity index (χ4v) is 4.65. The summed E-state index contributed by atoms with van der Waals surface area (Å²) in [5, 5.41) is 9.42. The van der Waals surface area contributed by atoms with Crippen molar-refractivity contribution in [1.29, 1.82) is 0 Å². The molecule has 3 aromatic rings. The third-order valence-corrected chi connectivity index (χ3v) is 6.79. The van der Waals surface area contributed by atoms with E-state index in [1.54, 1.807) is 16.8 Å². The van der Waals surface area contributed by atoms with Crippen molar-refractivity contribution in [3.8, 4) is 0 Å². The number of unbranched alkanes of at least 4 members (excludes halogenated alkanes) is 2. The van der Waals surface area contributed by atoms with E-state index >= 15 is 0 Å². The highest BCUT2D eigenvalue weighted by Crippen LogP contribution is 2.23. The van der Waals surface area contributed by atoms with Crippen LogP contribution in [0.5, 0.6) is 0 Å². The van der Waals surface area contributed by atoms with Crippen molar-refractivity contribution in [2.75, 3.05) is 18.0 Å². The number of aromatic nitrogens is 1. The maximum atomic E-state index is 12.6. The van der Waals surface area contributed by atoms with Crippen LogP contribution in [0.2, 0.25) is 0 Å². The van der Waals surface area contributed by atoms with Crippen LogP contribution >= 0.6 is 0 Å². The van der Waals surface area contributed by atoms with Crippen molar-refractivity contribution in [2.24, 2.45) is 0 Å². The number of fused-ring (bicyclic) bond motifs is 1. The molecule has 1 aromatic carbocycles. The van der Waals surface area contributed by atoms with E-state index in [0.29, 0.717) is 31.4 Å². The predicted octanol–water partition coefficient (Wildman–Crippen LogP) is 3.65. The molecule has 0 saturated carbocycles. The number of hydrogen-bond acceptors (Lipinski definition) is 7. The highest BCUT2D eigenvalue weighted by molar-refractivity contribution is 7.85. The zero-order valence-corrected chi connectivity index (χ0v) is 21.2. The Kier molecular flexibility index (Phi) is 9.00. The molecule has 0 aliphatic rings. The number of carboxylic acids is 1. The van der Waals surface area contributed by atoms with Crippen LogP contribution in [0.3, 0.4) is 0 Å². The van der Waals surface area contributed by atoms with Crippen molar-refractivity contribution in [2.45, 2.75) is 51.0 Å². The minimum absolute atomic E-state index is 0.0778. The van der Waals surface area contributed by atoms with Gasteiger partial charge in [-0.3, -0.25) is 4.79 Å². The van der Waals surface area contributed by atoms with Crippen LogP contribution in [0, 0.1) is 0 Å². The average molecular weight is 515 g/mol. The maximum Gasteiger partial charge on any atom is 0.343 e. The average Bonchev–Trinajstić information content (AvgIpc) is 2.83. The van der Waals surface area contributed by atoms with Crippen LogP contribution in [0.4, 0.5) is 5.69 Å². The number of aryl methyl sites for hydroxylation is 1. The summed E-state index contributed by atoms with van der Waals surface area (Å²) in [6.07, 6.45) is 7.64. The van der Waals surface area contributed by atoms with E-state index in [2.05, 4.69) is 4.90 Å². The van der Waals surface area contributed by atoms with Gasteiger partial charge >= 0.3 is 11.6 Å². The first-order chi connectivity index (χ1) is 17.1. The molecule has 2 aromatic heterocycles. The third kappa shape index (κ3) is 7.02. The van der Waals surface area contributed by atoms with E-state index in [0.717, 1.165) is 24.2 Å². The maximum absolute atomic E-state index is 12.6. The Balaban J connectivity index is 1.85. The smallest absolute Gasteiger partial charge is 0.343 e. The SMILES string of the molecule is CCN(CC)c1ccc2cc(/C=C/c3cc[n+](CCCCCC(=O)O)cc3S(=O)(=O)[O-])c(=O)oc2c1. The Bertz CT molecular complexity index is 1420. The molecule has 10 heteroatoms. The first-order valence-electron chi connectivity index (χ1n) is 11.8. The second-order valence-electron chi connectivity index (χ2n) is 8.38. The van der Waals surface area contributed by atoms with Gasteiger partial charge in [0.25, 0.3) is 0 Å². The van der Waals surface area contributed by atoms with Crippen LogP contribution < -0.4 is 15.1 Å². The van der Waals surface area contributed by atoms with Gasteiger partial charge < -0.3 is 19.0 Å². The lowest BCUT2D eigenvalue weighted by atomic mass is 10.1. The minimum Gasteiger partial charge on any atom is -0.744 e. The molecule has 0 fully saturated rings. The third-order valence-electron chi connectivity index (χ3n) is 5.91. The summed E-state index contributed by atoms with van der Waals surface area (Å²) in [7, 11) is -4.78. The Morgan fingerprint density at radius 1 is 1.08 bits per heavy atom. The molecule has 0 spiro atoms. The summed E-state index contributed by atoms with van der Waals surface area (Å²) in [6, 6.07) is 8.78. The Labute approximate surface area is 210 Å². The van der Waals surface area contributed by atoms with Crippen molar-refractivity contribution < 1.29 is 31.9 Å². The van der Waals surface area contributed by atoms with Gasteiger partial charge in [-0.25, -0.2) is 17.8 Å². The number of hydrogen-bond donors (Lipinski definition) is 1. The summed E-state index contributed by atoms with van der Waals surface area (Å²) in [4.78, 5) is 24.9. The summed E-state index contributed by atoms with van der Waals surface area (Å²) in [6.45, 7) is 6.17. The van der Waals surface area contributed by atoms with Crippen LogP contribution in [0.1, 0.15) is 50.7 Å². The van der Waals surface area contributed by atoms with E-state index in [9.17, 15) is 22.6 Å². The molecular formula is C26H30N2O7S. The number of nitrogens with zero attached hydrogens (tertiary/aromatic N) is 2. The molecule has 9 nitrogen and oxygen atoms in total. The highest BCUT2D eigenvalue weighted by atomic mass is 32.2. The second-order valence-corrected chi connectivity index (χ2v) is 9.73. The quantitative estimate of drug-likeness (QED) is 0.168. The first-order valence-corrected chi connectivity index (χ1v) is 13.2. The lowest BCUT2D eigenvalue weighted by molar-refractivity contribution is -0.699. The topological polar surface area (TPSA) is 132 Å². The monoisotopic (exact) mass is 514 g/mol. The van der Waals surface area contributed by atoms with Gasteiger partial charge in [0, 0.05) is 54.7 Å². The number of pyridine rings is 1. The number of benzene rings is 1. The van der Waals surface area contributed by atoms with Crippen LogP contribution in [-0.2, 0) is 21.5 Å². The zero-order chi connectivity index (χ0) is 26.3. The number of aliphatic carboxylic acids is 1. The van der Waals surface area contributed by atoms with Crippen molar-refractivity contribution in [3.05, 3.63) is 64.3 Å². The molecule has 0 saturated heterocycles. The van der Waals surface area contributed by atoms with Gasteiger partial charge in [-0.1, -0.05) is 6.08 Å². The molecule has 0 unspecified atom stereocenters. The Morgan fingerprint density at radius 3 is 2.47 bits per heavy atom. The van der Waals surface area contributed by atoms with Crippen molar-refractivity contribution in [1.82, 2.24) is 0 Å². The number of carbonyl (C=O) groups is 1. The summed E-state index contributed by atoms with van der Waals surface area (Å²) in [5.41, 5.74) is 1.21. The van der Waals surface area contributed by atoms with E-state index in [1.807, 2.05) is 32.0 Å². The first kappa shape index (κ1) is 27.1. The molecule has 0 radical (unpaired) electrons. The standard InChI is InChI=1S/C26H30N2O7S/c1-3-28(4-2)22-12-11-20-16-21(26(31)35-23(20)17-22)10-9-19-13-15-27(18-24(19)36(32,33)34)14-7-5-6-8-25(29)30/h9-13,15-18H,3-8,14H2,1-2H3,(H-,29,30,32,33,34). The van der Waals surface area contributed by atoms with Gasteiger partial charge in [0.1, 0.15) is 27.1 Å². The largest absolute Gasteiger partial charge is 0.744 e. The summed E-state index contributed by atoms with van der Waals surface area (Å²) >= 11 is 0. The lowest BCUT2D eigenvalue weighted by Crippen LogP contribution is -2.34. The molecule has 1 N–H and O–H groups in total. The van der Waals surface area contributed by atoms with Crippen LogP contribution in [0.25, 0.3) is 23.1 Å². The highest BCUT2D eigenvalue weighted by Gasteiger charge is 2.14. The molecule has 3 rings (SSSR count). The van der Waals surface area contributed by atoms with Gasteiger partial charge in [-0.2, -0.15) is 0 Å². The Hall–Kier alpha value is -3.50. The molecule has 0 bridgehead atoms. The molecule has 0 atom stereocenters. The van der Waals surface area contributed by atoms with Crippen molar-refractivity contribution >= 4 is 44.9 Å². The van der Waals surface area contributed by atoms with Gasteiger partial charge in [0.2, 0.25) is 0 Å². The van der Waals surface area contributed by atoms with Crippen LogP contribution in [-0.4, -0.2) is 37.1 Å². The minimum atomic E-state index is -4.78. The number of rotatable bonds is 12. The molecule has 0 amide bonds. The lowest BCUT2D eigenvalue weighted by Gasteiger charge is -2.20. The summed E-state index contributed by atoms with van der Waals surface area (Å²) < 4.78 is 42.8. The van der Waals surface area contributed by atoms with E-state index in [4.69, 9.17) is 9.52 Å². The van der Waals surface area contributed by atoms with Gasteiger partial charge in [-0.05, 0) is 51.0 Å². The van der Waals surface area contributed by atoms with E-state index in [1.165, 1.54) is 24.4 Å².